The Balaban J connectivity index is 2.04. The van der Waals surface area contributed by atoms with Gasteiger partial charge >= 0.3 is 24.7 Å². The van der Waals surface area contributed by atoms with Gasteiger partial charge in [-0.15, -0.1) is 0 Å². The van der Waals surface area contributed by atoms with Gasteiger partial charge in [-0.3, -0.25) is 0 Å². The quantitative estimate of drug-likeness (QED) is 0.592. The normalized spacial score (nSPS) is 36.1. The molecule has 158 valence electrons. The summed E-state index contributed by atoms with van der Waals surface area (Å²) in [6.07, 6.45) is -33.9. The average Bonchev–Trinajstić information content (AvgIpc) is 2.97. The molecular formula is C13H10F12O2. The van der Waals surface area contributed by atoms with E-state index in [4.69, 9.17) is 0 Å². The van der Waals surface area contributed by atoms with Crippen molar-refractivity contribution in [2.45, 2.75) is 61.5 Å². The summed E-state index contributed by atoms with van der Waals surface area (Å²) in [5.41, 5.74) is -4.87. The smallest absolute Gasteiger partial charge is 0.357 e. The zero-order valence-electron chi connectivity index (χ0n) is 12.7. The fourth-order valence-electron chi connectivity index (χ4n) is 4.60. The fraction of sp³-hybridized carbons (Fsp3) is 1.00. The molecule has 2 aliphatic carbocycles. The van der Waals surface area contributed by atoms with Crippen LogP contribution in [0.25, 0.3) is 0 Å². The van der Waals surface area contributed by atoms with Gasteiger partial charge in [0, 0.05) is 5.92 Å². The number of hydrogen-bond acceptors (Lipinski definition) is 2. The van der Waals surface area contributed by atoms with E-state index in [9.17, 15) is 52.7 Å². The van der Waals surface area contributed by atoms with Crippen LogP contribution in [0.2, 0.25) is 0 Å². The van der Waals surface area contributed by atoms with Crippen LogP contribution in [-0.2, 0) is 9.47 Å². The predicted octanol–water partition coefficient (Wildman–Crippen LogP) is 4.78. The van der Waals surface area contributed by atoms with E-state index in [0.717, 1.165) is 0 Å². The van der Waals surface area contributed by atoms with E-state index in [2.05, 4.69) is 9.47 Å². The molecule has 5 atom stereocenters. The highest BCUT2D eigenvalue weighted by molar-refractivity contribution is 5.20. The van der Waals surface area contributed by atoms with E-state index in [-0.39, 0.29) is 0 Å². The lowest BCUT2D eigenvalue weighted by molar-refractivity contribution is -0.393. The van der Waals surface area contributed by atoms with Crippen molar-refractivity contribution in [2.75, 3.05) is 0 Å². The van der Waals surface area contributed by atoms with Crippen molar-refractivity contribution in [3.63, 3.8) is 0 Å². The van der Waals surface area contributed by atoms with Crippen molar-refractivity contribution in [3.8, 4) is 0 Å². The van der Waals surface area contributed by atoms with Gasteiger partial charge in [-0.1, -0.05) is 0 Å². The zero-order valence-corrected chi connectivity index (χ0v) is 12.7. The van der Waals surface area contributed by atoms with Gasteiger partial charge in [-0.05, 0) is 24.7 Å². The molecule has 3 rings (SSSR count). The van der Waals surface area contributed by atoms with Crippen LogP contribution in [0.3, 0.4) is 0 Å². The topological polar surface area (TPSA) is 18.5 Å². The first-order chi connectivity index (χ1) is 11.9. The molecule has 0 aromatic heterocycles. The molecule has 1 heterocycles. The van der Waals surface area contributed by atoms with Crippen molar-refractivity contribution >= 4 is 0 Å². The van der Waals surface area contributed by atoms with E-state index >= 15 is 0 Å². The van der Waals surface area contributed by atoms with Gasteiger partial charge in [0.05, 0.1) is 12.2 Å². The SMILES string of the molecule is FC(F)(F)C(OC1C2[C@H]3C[C@H]1CC3OC2(C(F)(F)F)C(F)(F)F)C(F)(F)F. The molecule has 0 N–H and O–H groups in total. The summed E-state index contributed by atoms with van der Waals surface area (Å²) < 4.78 is 165. The Morgan fingerprint density at radius 2 is 1.26 bits per heavy atom. The zero-order chi connectivity index (χ0) is 20.8. The summed E-state index contributed by atoms with van der Waals surface area (Å²) in [6.45, 7) is 0. The molecule has 1 aliphatic heterocycles. The maximum absolute atomic E-state index is 13.4. The van der Waals surface area contributed by atoms with Crippen LogP contribution < -0.4 is 0 Å². The second-order valence-electron chi connectivity index (χ2n) is 6.87. The number of ether oxygens (including phenoxy) is 2. The standard InChI is InChI=1S/C13H10F12O2/c14-10(15,16)8(11(17,18)19)26-7-3-1-4-5(2-3)27-9(6(4)7,12(20,21)22)13(23,24)25/h3-8H,1-2H2/t3-,4-,5?,6?,7?/m0/s1. The fourth-order valence-corrected chi connectivity index (χ4v) is 4.60. The first-order valence-corrected chi connectivity index (χ1v) is 7.51. The maximum Gasteiger partial charge on any atom is 0.426 e. The molecule has 2 bridgehead atoms. The highest BCUT2D eigenvalue weighted by atomic mass is 19.4. The molecule has 3 aliphatic rings. The molecule has 0 spiro atoms. The number of hydrogen-bond donors (Lipinski definition) is 0. The number of halogens is 12. The minimum absolute atomic E-state index is 0.434. The molecule has 1 saturated heterocycles. The van der Waals surface area contributed by atoms with Gasteiger partial charge < -0.3 is 9.47 Å². The van der Waals surface area contributed by atoms with Crippen LogP contribution in [0.15, 0.2) is 0 Å². The lowest BCUT2D eigenvalue weighted by Crippen LogP contribution is -2.63. The Hall–Kier alpha value is -0.920. The van der Waals surface area contributed by atoms with E-state index in [1.807, 2.05) is 0 Å². The second kappa shape index (κ2) is 5.57. The molecule has 0 radical (unpaired) electrons. The summed E-state index contributed by atoms with van der Waals surface area (Å²) in [4.78, 5) is 0. The van der Waals surface area contributed by atoms with E-state index < -0.39 is 79.2 Å². The van der Waals surface area contributed by atoms with Crippen molar-refractivity contribution < 1.29 is 62.2 Å². The molecule has 0 aromatic rings. The molecule has 2 nitrogen and oxygen atoms in total. The number of fused-ring (bicyclic) bond motifs is 1. The minimum atomic E-state index is -6.10. The third-order valence-electron chi connectivity index (χ3n) is 5.40. The summed E-state index contributed by atoms with van der Waals surface area (Å²) in [5.74, 6) is -5.57. The first kappa shape index (κ1) is 20.8. The second-order valence-corrected chi connectivity index (χ2v) is 6.87. The third-order valence-corrected chi connectivity index (χ3v) is 5.40. The molecule has 3 fully saturated rings. The summed E-state index contributed by atoms with van der Waals surface area (Å²) in [5, 5.41) is 0. The molecule has 0 amide bonds. The number of alkyl halides is 12. The lowest BCUT2D eigenvalue weighted by Gasteiger charge is -2.40. The first-order valence-electron chi connectivity index (χ1n) is 7.51. The Bertz CT molecular complexity index is 558. The monoisotopic (exact) mass is 426 g/mol. The van der Waals surface area contributed by atoms with Crippen LogP contribution in [0.5, 0.6) is 0 Å². The van der Waals surface area contributed by atoms with Crippen molar-refractivity contribution in [3.05, 3.63) is 0 Å². The van der Waals surface area contributed by atoms with Crippen molar-refractivity contribution in [2.24, 2.45) is 17.8 Å². The molecule has 27 heavy (non-hydrogen) atoms. The Kier molecular flexibility index (Phi) is 4.29. The Morgan fingerprint density at radius 3 is 1.67 bits per heavy atom. The Morgan fingerprint density at radius 1 is 0.778 bits per heavy atom. The highest BCUT2D eigenvalue weighted by Crippen LogP contribution is 2.68. The average molecular weight is 426 g/mol. The van der Waals surface area contributed by atoms with Crippen LogP contribution in [0.1, 0.15) is 12.8 Å². The molecule has 14 heteroatoms. The van der Waals surface area contributed by atoms with Crippen LogP contribution in [-0.4, -0.2) is 48.6 Å². The van der Waals surface area contributed by atoms with Gasteiger partial charge in [0.2, 0.25) is 6.10 Å². The Labute approximate surface area is 142 Å². The van der Waals surface area contributed by atoms with Gasteiger partial charge in [-0.25, -0.2) is 0 Å². The predicted molar refractivity (Wildman–Crippen MR) is 60.2 cm³/mol. The van der Waals surface area contributed by atoms with Crippen LogP contribution in [0, 0.1) is 17.8 Å². The van der Waals surface area contributed by atoms with Crippen molar-refractivity contribution in [1.29, 1.82) is 0 Å². The third kappa shape index (κ3) is 2.88. The van der Waals surface area contributed by atoms with Crippen LogP contribution in [0.4, 0.5) is 52.7 Å². The summed E-state index contributed by atoms with van der Waals surface area (Å²) in [6, 6.07) is 0. The molecule has 2 saturated carbocycles. The highest BCUT2D eigenvalue weighted by Gasteiger charge is 2.85. The summed E-state index contributed by atoms with van der Waals surface area (Å²) in [7, 11) is 0. The largest absolute Gasteiger partial charge is 0.426 e. The molecule has 0 aromatic carbocycles. The maximum atomic E-state index is 13.4. The minimum Gasteiger partial charge on any atom is -0.357 e. The lowest BCUT2D eigenvalue weighted by atomic mass is 9.76. The van der Waals surface area contributed by atoms with Gasteiger partial charge in [-0.2, -0.15) is 52.7 Å². The van der Waals surface area contributed by atoms with E-state index in [1.165, 1.54) is 0 Å². The number of rotatable bonds is 2. The molecule has 3 unspecified atom stereocenters. The summed E-state index contributed by atoms with van der Waals surface area (Å²) >= 11 is 0. The van der Waals surface area contributed by atoms with E-state index in [1.54, 1.807) is 0 Å². The van der Waals surface area contributed by atoms with Gasteiger partial charge in [0.25, 0.3) is 5.60 Å². The van der Waals surface area contributed by atoms with E-state index in [0.29, 0.717) is 0 Å². The van der Waals surface area contributed by atoms with Crippen LogP contribution >= 0.6 is 0 Å². The molecular weight excluding hydrogens is 416 g/mol. The van der Waals surface area contributed by atoms with Gasteiger partial charge in [0.1, 0.15) is 0 Å². The van der Waals surface area contributed by atoms with Crippen molar-refractivity contribution in [1.82, 2.24) is 0 Å². The van der Waals surface area contributed by atoms with Gasteiger partial charge in [0.15, 0.2) is 0 Å².